The highest BCUT2D eigenvalue weighted by atomic mass is 16.5. The predicted molar refractivity (Wildman–Crippen MR) is 155 cm³/mol. The maximum Gasteiger partial charge on any atom is 0.399 e. The molecule has 0 saturated carbocycles. The molecule has 0 aliphatic carbocycles. The monoisotopic (exact) mass is 529 g/mol. The Hall–Kier alpha value is -4.72. The number of amidine groups is 1. The van der Waals surface area contributed by atoms with Crippen molar-refractivity contribution < 1.29 is 20.6 Å². The summed E-state index contributed by atoms with van der Waals surface area (Å²) >= 11 is 0. The molecule has 0 spiro atoms. The highest BCUT2D eigenvalue weighted by molar-refractivity contribution is 5.96. The van der Waals surface area contributed by atoms with Crippen LogP contribution in [0.25, 0.3) is 33.3 Å². The van der Waals surface area contributed by atoms with E-state index in [0.717, 1.165) is 70.5 Å². The highest BCUT2D eigenvalue weighted by Crippen LogP contribution is 2.34. The van der Waals surface area contributed by atoms with Crippen molar-refractivity contribution in [1.82, 2.24) is 9.97 Å². The summed E-state index contributed by atoms with van der Waals surface area (Å²) < 4.78 is 5.83. The quantitative estimate of drug-likeness (QED) is 0.298. The van der Waals surface area contributed by atoms with Crippen LogP contribution in [0, 0.1) is 0 Å². The zero-order chi connectivity index (χ0) is 27.3. The van der Waals surface area contributed by atoms with Gasteiger partial charge in [0.15, 0.2) is 0 Å². The third kappa shape index (κ3) is 5.38. The van der Waals surface area contributed by atoms with Crippen molar-refractivity contribution in [3.63, 3.8) is 0 Å². The summed E-state index contributed by atoms with van der Waals surface area (Å²) in [6.45, 7) is 1.48. The van der Waals surface area contributed by atoms with E-state index >= 15 is 0 Å². The predicted octanol–water partition coefficient (Wildman–Crippen LogP) is 3.86. The number of hydrogen-bond donors (Lipinski definition) is 2. The second kappa shape index (κ2) is 11.6. The Balaban J connectivity index is 1.21. The van der Waals surface area contributed by atoms with Crippen LogP contribution in [0.4, 0.5) is 0 Å². The smallest absolute Gasteiger partial charge is 0.399 e. The number of fused-ring (bicyclic) bond motifs is 1. The number of carbonyl (C=O) groups excluding carboxylic acids is 1. The molecule has 5 aromatic rings. The fourth-order valence-corrected chi connectivity index (χ4v) is 5.03. The maximum atomic E-state index is 12.3. The summed E-state index contributed by atoms with van der Waals surface area (Å²) in [6, 6.07) is 32.9. The number of aliphatic imine (C=N–C) groups is 1. The molecule has 6 rings (SSSR count). The first-order valence-electron chi connectivity index (χ1n) is 13.6. The lowest BCUT2D eigenvalue weighted by molar-refractivity contribution is -0.556. The molecule has 0 saturated heterocycles. The molecule has 1 atom stereocenters. The van der Waals surface area contributed by atoms with Gasteiger partial charge in [-0.25, -0.2) is 4.98 Å². The van der Waals surface area contributed by atoms with Crippen molar-refractivity contribution in [2.45, 2.75) is 25.5 Å². The van der Waals surface area contributed by atoms with Gasteiger partial charge in [0.25, 0.3) is 5.91 Å². The molecule has 2 aromatic heterocycles. The molecule has 7 nitrogen and oxygen atoms in total. The molecule has 1 aliphatic heterocycles. The summed E-state index contributed by atoms with van der Waals surface area (Å²) in [6.07, 6.45) is 2.79. The minimum atomic E-state index is -0.654. The number of quaternary nitrogens is 2. The Bertz CT molecular complexity index is 1670. The van der Waals surface area contributed by atoms with Crippen LogP contribution in [0.3, 0.4) is 0 Å². The number of carbonyl (C=O) groups is 1. The molecule has 3 aromatic carbocycles. The normalized spacial score (nSPS) is 14.8. The van der Waals surface area contributed by atoms with Gasteiger partial charge in [0.1, 0.15) is 0 Å². The minimum Gasteiger partial charge on any atom is -0.418 e. The van der Waals surface area contributed by atoms with Crippen LogP contribution in [0.1, 0.15) is 29.3 Å². The lowest BCUT2D eigenvalue weighted by atomic mass is 9.96. The largest absolute Gasteiger partial charge is 0.418 e. The van der Waals surface area contributed by atoms with Crippen molar-refractivity contribution in [3.05, 3.63) is 120 Å². The standard InChI is InChI=1S/C33H29N5O2/c34-21-22-13-15-24(16-14-22)30-26(23-8-3-1-4-9-23)20-27-28(35-19-17-29(27)37-30)12-7-18-36-33-38-32(39)31(40-33)25-10-5-2-6-11-25/h1-6,8-11,13-17,19-20,31H,7,12,18,21,34H2,(H,36,38,39)/p+2. The minimum absolute atomic E-state index is 0.260. The van der Waals surface area contributed by atoms with E-state index in [1.54, 1.807) is 0 Å². The third-order valence-electron chi connectivity index (χ3n) is 7.15. The average molecular weight is 530 g/mol. The van der Waals surface area contributed by atoms with Crippen LogP contribution < -0.4 is 11.1 Å². The van der Waals surface area contributed by atoms with Gasteiger partial charge in [0.2, 0.25) is 6.10 Å². The van der Waals surface area contributed by atoms with Gasteiger partial charge in [-0.15, -0.1) is 4.99 Å². The highest BCUT2D eigenvalue weighted by Gasteiger charge is 2.32. The second-order valence-electron chi connectivity index (χ2n) is 9.82. The fourth-order valence-electron chi connectivity index (χ4n) is 5.03. The first kappa shape index (κ1) is 25.6. The Morgan fingerprint density at radius 2 is 1.62 bits per heavy atom. The first-order chi connectivity index (χ1) is 19.7. The zero-order valence-corrected chi connectivity index (χ0v) is 22.2. The number of nitrogens with two attached hydrogens (primary N) is 1. The number of amides is 1. The zero-order valence-electron chi connectivity index (χ0n) is 22.2. The van der Waals surface area contributed by atoms with Crippen molar-refractivity contribution in [2.75, 3.05) is 6.54 Å². The summed E-state index contributed by atoms with van der Waals surface area (Å²) in [5, 5.41) is 2.95. The van der Waals surface area contributed by atoms with E-state index in [1.165, 1.54) is 5.56 Å². The SMILES string of the molecule is [NH3+]Cc1ccc(-c2nc3ccnc(CCC[NH2+]C4=NC(=O)C(c5ccccc5)O4)c3cc2-c2ccccc2)cc1. The number of nitrogens with zero attached hydrogens (tertiary/aromatic N) is 3. The Morgan fingerprint density at radius 3 is 2.38 bits per heavy atom. The van der Waals surface area contributed by atoms with E-state index in [4.69, 9.17) is 14.7 Å². The van der Waals surface area contributed by atoms with Gasteiger partial charge in [-0.3, -0.25) is 15.1 Å². The summed E-state index contributed by atoms with van der Waals surface area (Å²) in [4.78, 5) is 26.3. The Kier molecular flexibility index (Phi) is 7.39. The Morgan fingerprint density at radius 1 is 0.875 bits per heavy atom. The maximum absolute atomic E-state index is 12.3. The number of ether oxygens (including phenoxy) is 1. The van der Waals surface area contributed by atoms with Crippen LogP contribution in [0.2, 0.25) is 0 Å². The van der Waals surface area contributed by atoms with Crippen LogP contribution in [0.15, 0.2) is 108 Å². The number of hydrogen-bond acceptors (Lipinski definition) is 4. The second-order valence-corrected chi connectivity index (χ2v) is 9.82. The summed E-state index contributed by atoms with van der Waals surface area (Å²) in [5.74, 6) is -0.260. The number of pyridine rings is 2. The van der Waals surface area contributed by atoms with Crippen molar-refractivity contribution >= 4 is 22.8 Å². The third-order valence-corrected chi connectivity index (χ3v) is 7.15. The molecule has 198 valence electrons. The van der Waals surface area contributed by atoms with E-state index in [9.17, 15) is 4.79 Å². The van der Waals surface area contributed by atoms with E-state index < -0.39 is 6.10 Å². The van der Waals surface area contributed by atoms with Gasteiger partial charge < -0.3 is 10.5 Å². The molecular weight excluding hydrogens is 498 g/mol. The number of rotatable bonds is 8. The van der Waals surface area contributed by atoms with Gasteiger partial charge in [0, 0.05) is 46.0 Å². The Labute approximate surface area is 232 Å². The van der Waals surface area contributed by atoms with Crippen LogP contribution in [-0.4, -0.2) is 28.4 Å². The summed E-state index contributed by atoms with van der Waals surface area (Å²) in [7, 11) is 0. The first-order valence-corrected chi connectivity index (χ1v) is 13.6. The lowest BCUT2D eigenvalue weighted by Gasteiger charge is -2.13. The van der Waals surface area contributed by atoms with Gasteiger partial charge in [-0.05, 0) is 24.1 Å². The molecule has 1 aliphatic rings. The molecule has 7 heteroatoms. The van der Waals surface area contributed by atoms with E-state index in [1.807, 2.05) is 54.0 Å². The van der Waals surface area contributed by atoms with Gasteiger partial charge in [-0.2, -0.15) is 0 Å². The molecule has 1 unspecified atom stereocenters. The molecule has 0 fully saturated rings. The van der Waals surface area contributed by atoms with Crippen LogP contribution >= 0.6 is 0 Å². The van der Waals surface area contributed by atoms with Gasteiger partial charge in [-0.1, -0.05) is 84.9 Å². The molecule has 3 heterocycles. The molecule has 0 radical (unpaired) electrons. The van der Waals surface area contributed by atoms with E-state index in [2.05, 4.69) is 65.3 Å². The van der Waals surface area contributed by atoms with E-state index in [-0.39, 0.29) is 5.91 Å². The van der Waals surface area contributed by atoms with Crippen molar-refractivity contribution in [3.8, 4) is 22.4 Å². The molecular formula is C33H31N5O2+2. The average Bonchev–Trinajstić information content (AvgIpc) is 3.39. The molecule has 40 heavy (non-hydrogen) atoms. The lowest BCUT2D eigenvalue weighted by Crippen LogP contribution is -2.88. The van der Waals surface area contributed by atoms with Gasteiger partial charge >= 0.3 is 6.02 Å². The number of benzene rings is 3. The van der Waals surface area contributed by atoms with Crippen LogP contribution in [-0.2, 0) is 22.5 Å². The molecule has 1 amide bonds. The molecule has 5 N–H and O–H groups in total. The number of aryl methyl sites for hydroxylation is 1. The van der Waals surface area contributed by atoms with E-state index in [0.29, 0.717) is 6.02 Å². The van der Waals surface area contributed by atoms with Crippen molar-refractivity contribution in [1.29, 1.82) is 0 Å². The van der Waals surface area contributed by atoms with Crippen molar-refractivity contribution in [2.24, 2.45) is 4.99 Å². The van der Waals surface area contributed by atoms with Crippen LogP contribution in [0.5, 0.6) is 0 Å². The molecule has 0 bridgehead atoms. The topological polar surface area (TPSA) is 109 Å². The number of aromatic nitrogens is 2. The fraction of sp³-hybridized carbons (Fsp3) is 0.152. The summed E-state index contributed by atoms with van der Waals surface area (Å²) in [5.41, 5.74) is 12.2. The van der Waals surface area contributed by atoms with Gasteiger partial charge in [0.05, 0.1) is 24.3 Å².